The highest BCUT2D eigenvalue weighted by molar-refractivity contribution is 6.05. The number of hydrogen-bond acceptors (Lipinski definition) is 10. The van der Waals surface area contributed by atoms with Gasteiger partial charge in [-0.15, -0.1) is 0 Å². The topological polar surface area (TPSA) is 155 Å². The van der Waals surface area contributed by atoms with E-state index in [1.54, 1.807) is 11.0 Å². The van der Waals surface area contributed by atoms with Crippen molar-refractivity contribution in [3.63, 3.8) is 0 Å². The maximum atomic E-state index is 13.2. The summed E-state index contributed by atoms with van der Waals surface area (Å²) in [6.45, 7) is 8.59. The number of aryl methyl sites for hydroxylation is 2. The third kappa shape index (κ3) is 7.74. The second-order valence-electron chi connectivity index (χ2n) is 15.9. The zero-order valence-electron chi connectivity index (χ0n) is 32.1. The molecule has 3 N–H and O–H groups in total. The van der Waals surface area contributed by atoms with Crippen LogP contribution in [0.5, 0.6) is 0 Å². The van der Waals surface area contributed by atoms with Gasteiger partial charge in [-0.1, -0.05) is 24.3 Å². The van der Waals surface area contributed by atoms with Gasteiger partial charge in [0.1, 0.15) is 6.04 Å². The van der Waals surface area contributed by atoms with Gasteiger partial charge in [-0.2, -0.15) is 5.26 Å². The summed E-state index contributed by atoms with van der Waals surface area (Å²) in [4.78, 5) is 52.9. The number of benzene rings is 3. The maximum absolute atomic E-state index is 13.2. The molecule has 3 aromatic carbocycles. The monoisotopic (exact) mass is 752 g/mol. The van der Waals surface area contributed by atoms with Gasteiger partial charge in [-0.05, 0) is 116 Å². The van der Waals surface area contributed by atoms with E-state index in [4.69, 9.17) is 4.98 Å². The molecule has 4 aromatic rings. The molecule has 56 heavy (non-hydrogen) atoms. The number of amides is 3. The Balaban J connectivity index is 0.804. The van der Waals surface area contributed by atoms with Crippen LogP contribution in [0.2, 0.25) is 0 Å². The lowest BCUT2D eigenvalue weighted by molar-refractivity contribution is -0.136. The molecule has 0 bridgehead atoms. The van der Waals surface area contributed by atoms with Gasteiger partial charge in [0.05, 0.1) is 22.9 Å². The summed E-state index contributed by atoms with van der Waals surface area (Å²) >= 11 is 0. The molecule has 4 aliphatic heterocycles. The number of carbonyl (C=O) groups is 3. The molecule has 3 fully saturated rings. The zero-order chi connectivity index (χ0) is 39.0. The van der Waals surface area contributed by atoms with Gasteiger partial charge in [-0.3, -0.25) is 24.6 Å². The molecule has 8 rings (SSSR count). The summed E-state index contributed by atoms with van der Waals surface area (Å²) < 4.78 is 0. The Morgan fingerprint density at radius 3 is 2.38 bits per heavy atom. The summed E-state index contributed by atoms with van der Waals surface area (Å²) in [6.07, 6.45) is 6.21. The molecule has 1 unspecified atom stereocenters. The van der Waals surface area contributed by atoms with Crippen molar-refractivity contribution in [1.82, 2.24) is 25.1 Å². The van der Waals surface area contributed by atoms with E-state index < -0.39 is 17.6 Å². The molecule has 12 heteroatoms. The van der Waals surface area contributed by atoms with Gasteiger partial charge in [-0.25, -0.2) is 9.97 Å². The molecule has 0 aliphatic carbocycles. The minimum atomic E-state index is -0.985. The Kier molecular flexibility index (Phi) is 10.3. The van der Waals surface area contributed by atoms with Crippen LogP contribution in [0, 0.1) is 25.2 Å². The molecule has 1 aromatic heterocycles. The maximum Gasteiger partial charge on any atom is 0.255 e. The number of piperidine rings is 3. The number of nitrogens with one attached hydrogen (secondary N) is 2. The van der Waals surface area contributed by atoms with E-state index in [1.807, 2.05) is 50.4 Å². The average Bonchev–Trinajstić information content (AvgIpc) is 3.52. The molecule has 12 nitrogen and oxygen atoms in total. The number of imide groups is 1. The van der Waals surface area contributed by atoms with Crippen LogP contribution in [-0.4, -0.2) is 80.9 Å². The number of aromatic nitrogens is 2. The van der Waals surface area contributed by atoms with E-state index in [1.165, 1.54) is 16.8 Å². The van der Waals surface area contributed by atoms with E-state index >= 15 is 0 Å². The predicted octanol–water partition coefficient (Wildman–Crippen LogP) is 4.88. The second kappa shape index (κ2) is 15.5. The summed E-state index contributed by atoms with van der Waals surface area (Å²) in [5.74, 6) is -0.269. The molecule has 5 heterocycles. The lowest BCUT2D eigenvalue weighted by Gasteiger charge is -2.39. The third-order valence-corrected chi connectivity index (χ3v) is 12.2. The Morgan fingerprint density at radius 2 is 1.68 bits per heavy atom. The van der Waals surface area contributed by atoms with Gasteiger partial charge in [0, 0.05) is 75.6 Å². The summed E-state index contributed by atoms with van der Waals surface area (Å²) in [5, 5.41) is 27.0. The minimum absolute atomic E-state index is 0.203. The van der Waals surface area contributed by atoms with Gasteiger partial charge in [0.25, 0.3) is 5.91 Å². The number of fused-ring (bicyclic) bond motifs is 1. The number of likely N-dealkylation sites (tertiary alicyclic amines) is 1. The van der Waals surface area contributed by atoms with Crippen LogP contribution in [0.1, 0.15) is 93.5 Å². The molecule has 1 atom stereocenters. The zero-order valence-corrected chi connectivity index (χ0v) is 32.1. The van der Waals surface area contributed by atoms with Crippen LogP contribution < -0.4 is 15.5 Å². The molecular weight excluding hydrogens is 705 g/mol. The molecule has 4 aliphatic rings. The molecule has 3 saturated heterocycles. The second-order valence-corrected chi connectivity index (χ2v) is 15.9. The predicted molar refractivity (Wildman–Crippen MR) is 212 cm³/mol. The van der Waals surface area contributed by atoms with Crippen LogP contribution in [0.25, 0.3) is 0 Å². The lowest BCUT2D eigenvalue weighted by atomic mass is 9.83. The van der Waals surface area contributed by atoms with Crippen molar-refractivity contribution in [1.29, 1.82) is 5.26 Å². The fraction of sp³-hybridized carbons (Fsp3) is 0.409. The molecule has 3 amide bonds. The van der Waals surface area contributed by atoms with Crippen LogP contribution >= 0.6 is 0 Å². The first-order valence-corrected chi connectivity index (χ1v) is 19.7. The van der Waals surface area contributed by atoms with E-state index in [2.05, 4.69) is 55.8 Å². The van der Waals surface area contributed by atoms with E-state index in [0.29, 0.717) is 55.3 Å². The number of anilines is 2. The molecule has 288 valence electrons. The Morgan fingerprint density at radius 1 is 0.946 bits per heavy atom. The van der Waals surface area contributed by atoms with Crippen LogP contribution in [0.15, 0.2) is 66.9 Å². The van der Waals surface area contributed by atoms with E-state index in [9.17, 15) is 24.8 Å². The number of aliphatic hydroxyl groups is 1. The fourth-order valence-corrected chi connectivity index (χ4v) is 8.85. The van der Waals surface area contributed by atoms with Crippen molar-refractivity contribution in [3.05, 3.63) is 117 Å². The van der Waals surface area contributed by atoms with E-state index in [0.717, 1.165) is 73.5 Å². The number of nitriles is 1. The first-order chi connectivity index (χ1) is 27.0. The highest BCUT2D eigenvalue weighted by Gasteiger charge is 2.41. The fourth-order valence-electron chi connectivity index (χ4n) is 8.85. The van der Waals surface area contributed by atoms with Crippen LogP contribution in [0.3, 0.4) is 0 Å². The molecule has 0 radical (unpaired) electrons. The largest absolute Gasteiger partial charge is 0.385 e. The van der Waals surface area contributed by atoms with Crippen molar-refractivity contribution in [3.8, 4) is 6.07 Å². The van der Waals surface area contributed by atoms with Crippen molar-refractivity contribution in [2.45, 2.75) is 89.6 Å². The Bertz CT molecular complexity index is 2180. The smallest absolute Gasteiger partial charge is 0.255 e. The van der Waals surface area contributed by atoms with Gasteiger partial charge in [0.15, 0.2) is 0 Å². The average molecular weight is 753 g/mol. The van der Waals surface area contributed by atoms with Gasteiger partial charge in [0.2, 0.25) is 17.8 Å². The summed E-state index contributed by atoms with van der Waals surface area (Å²) in [6, 6.07) is 22.1. The van der Waals surface area contributed by atoms with Crippen LogP contribution in [0.4, 0.5) is 11.6 Å². The molecular formula is C44H48N8O4. The lowest BCUT2D eigenvalue weighted by Crippen LogP contribution is -2.52. The summed E-state index contributed by atoms with van der Waals surface area (Å²) in [7, 11) is 0. The molecule has 0 spiro atoms. The highest BCUT2D eigenvalue weighted by Crippen LogP contribution is 2.37. The van der Waals surface area contributed by atoms with Crippen LogP contribution in [-0.2, 0) is 34.7 Å². The van der Waals surface area contributed by atoms with Crippen molar-refractivity contribution >= 4 is 29.4 Å². The first-order valence-electron chi connectivity index (χ1n) is 19.7. The number of rotatable bonds is 9. The van der Waals surface area contributed by atoms with Crippen molar-refractivity contribution in [2.24, 2.45) is 0 Å². The summed E-state index contributed by atoms with van der Waals surface area (Å²) in [5.41, 5.74) is 8.70. The normalized spacial score (nSPS) is 20.1. The highest BCUT2D eigenvalue weighted by atomic mass is 16.3. The SMILES string of the molecule is Cc1cc(C#N)cc(C)c1Cc1ccnc(NC2CCN(c3ccc(CN4CCC(O)(c5ccc6c(c5)CN(C5CCC(=O)NC5=O)C6=O)CC4)cc3)CC2)n1. The Labute approximate surface area is 327 Å². The van der Waals surface area contributed by atoms with Gasteiger partial charge >= 0.3 is 0 Å². The number of nitrogens with zero attached hydrogens (tertiary/aromatic N) is 6. The van der Waals surface area contributed by atoms with Gasteiger partial charge < -0.3 is 20.2 Å². The standard InChI is InChI=1S/C44H48N8O4/c1-28-21-31(25-45)22-29(2)38(28)24-35-11-16-46-43(48-35)47-34-12-17-51(18-13-34)36-6-3-30(4-7-36)26-50-19-14-44(56,15-20-50)33-5-8-37-32(23-33)27-52(42(37)55)39-9-10-40(53)49-41(39)54/h3-8,11,16,21-23,34,39,56H,9-10,12-15,17-20,24,26-27H2,1-2H3,(H,46,47,48)(H,49,53,54). The van der Waals surface area contributed by atoms with Crippen molar-refractivity contribution < 1.29 is 19.5 Å². The van der Waals surface area contributed by atoms with Crippen molar-refractivity contribution in [2.75, 3.05) is 36.4 Å². The van der Waals surface area contributed by atoms with E-state index in [-0.39, 0.29) is 18.2 Å². The minimum Gasteiger partial charge on any atom is -0.385 e. The first kappa shape index (κ1) is 37.3. The Hall–Kier alpha value is -5.64. The molecule has 0 saturated carbocycles. The third-order valence-electron chi connectivity index (χ3n) is 12.2. The number of hydrogen-bond donors (Lipinski definition) is 3. The number of carbonyl (C=O) groups excluding carboxylic acids is 3. The quantitative estimate of drug-likeness (QED) is 0.202.